The van der Waals surface area contributed by atoms with Crippen LogP contribution in [0.25, 0.3) is 5.69 Å². The van der Waals surface area contributed by atoms with E-state index in [9.17, 15) is 19.8 Å². The summed E-state index contributed by atoms with van der Waals surface area (Å²) >= 11 is 0. The molecular formula is C18H15NO5. The number of fused-ring (bicyclic) bond motifs is 3. The molecule has 122 valence electrons. The summed E-state index contributed by atoms with van der Waals surface area (Å²) in [4.78, 5) is 23.9. The molecule has 0 saturated heterocycles. The van der Waals surface area contributed by atoms with Gasteiger partial charge in [-0.15, -0.1) is 0 Å². The molecule has 1 aliphatic heterocycles. The normalized spacial score (nSPS) is 24.0. The Bertz CT molecular complexity index is 926. The molecule has 6 heteroatoms. The largest absolute Gasteiger partial charge is 0.494 e. The van der Waals surface area contributed by atoms with Gasteiger partial charge in [-0.05, 0) is 30.9 Å². The van der Waals surface area contributed by atoms with Gasteiger partial charge in [0, 0.05) is 29.0 Å². The highest BCUT2D eigenvalue weighted by molar-refractivity contribution is 5.94. The van der Waals surface area contributed by atoms with Gasteiger partial charge in [-0.1, -0.05) is 6.07 Å². The number of benzene rings is 1. The number of nitrogens with zero attached hydrogens (tertiary/aromatic N) is 1. The Labute approximate surface area is 137 Å². The van der Waals surface area contributed by atoms with E-state index in [-0.39, 0.29) is 36.0 Å². The Morgan fingerprint density at radius 2 is 1.88 bits per heavy atom. The molecule has 6 rings (SSSR count). The first-order chi connectivity index (χ1) is 11.6. The number of cyclic esters (lactones) is 1. The van der Waals surface area contributed by atoms with Gasteiger partial charge in [0.25, 0.3) is 0 Å². The lowest BCUT2D eigenvalue weighted by Crippen LogP contribution is -2.28. The van der Waals surface area contributed by atoms with Crippen molar-refractivity contribution >= 4 is 11.8 Å². The number of aromatic nitrogens is 1. The Morgan fingerprint density at radius 1 is 1.08 bits per heavy atom. The number of esters is 1. The van der Waals surface area contributed by atoms with Crippen molar-refractivity contribution in [2.75, 3.05) is 0 Å². The van der Waals surface area contributed by atoms with Gasteiger partial charge < -0.3 is 14.9 Å². The van der Waals surface area contributed by atoms with E-state index in [4.69, 9.17) is 4.74 Å². The highest BCUT2D eigenvalue weighted by Crippen LogP contribution is 2.55. The number of carbonyl (C=O) groups excluding carboxylic acids is 2. The lowest BCUT2D eigenvalue weighted by atomic mass is 9.67. The maximum Gasteiger partial charge on any atom is 0.338 e. The number of carbonyl (C=O) groups is 2. The number of ether oxygens (including phenoxy) is 1. The van der Waals surface area contributed by atoms with Crippen LogP contribution >= 0.6 is 0 Å². The van der Waals surface area contributed by atoms with Crippen LogP contribution in [0.4, 0.5) is 0 Å². The van der Waals surface area contributed by atoms with Gasteiger partial charge >= 0.3 is 5.97 Å². The fourth-order valence-electron chi connectivity index (χ4n) is 4.38. The lowest BCUT2D eigenvalue weighted by molar-refractivity contribution is -0.123. The molecule has 3 aliphatic carbocycles. The third kappa shape index (κ3) is 1.55. The molecule has 2 atom stereocenters. The van der Waals surface area contributed by atoms with E-state index in [1.54, 1.807) is 18.2 Å². The summed E-state index contributed by atoms with van der Waals surface area (Å²) in [6.07, 6.45) is 1.98. The Kier molecular flexibility index (Phi) is 2.51. The van der Waals surface area contributed by atoms with Crippen molar-refractivity contribution in [3.05, 3.63) is 40.5 Å². The maximum atomic E-state index is 12.2. The van der Waals surface area contributed by atoms with Crippen molar-refractivity contribution < 1.29 is 24.5 Å². The molecule has 1 fully saturated rings. The molecule has 24 heavy (non-hydrogen) atoms. The zero-order valence-corrected chi connectivity index (χ0v) is 12.8. The van der Waals surface area contributed by atoms with Gasteiger partial charge in [0.15, 0.2) is 0 Å². The molecule has 4 aliphatic rings. The fraction of sp³-hybridized carbons (Fsp3) is 0.333. The van der Waals surface area contributed by atoms with E-state index in [0.717, 1.165) is 12.0 Å². The van der Waals surface area contributed by atoms with Crippen LogP contribution in [-0.2, 0) is 16.1 Å². The Hall–Kier alpha value is -2.76. The molecule has 6 nitrogen and oxygen atoms in total. The second-order valence-electron chi connectivity index (χ2n) is 6.72. The van der Waals surface area contributed by atoms with E-state index in [0.29, 0.717) is 35.2 Å². The van der Waals surface area contributed by atoms with Crippen molar-refractivity contribution in [1.82, 2.24) is 4.57 Å². The first kappa shape index (κ1) is 13.7. The van der Waals surface area contributed by atoms with E-state index in [1.165, 1.54) is 4.57 Å². The van der Waals surface area contributed by atoms with Gasteiger partial charge in [0.1, 0.15) is 12.4 Å². The molecule has 0 radical (unpaired) electrons. The predicted molar refractivity (Wildman–Crippen MR) is 82.6 cm³/mol. The summed E-state index contributed by atoms with van der Waals surface area (Å²) in [5, 5.41) is 21.4. The Morgan fingerprint density at radius 3 is 2.67 bits per heavy atom. The van der Waals surface area contributed by atoms with Crippen LogP contribution in [0.1, 0.15) is 58.1 Å². The van der Waals surface area contributed by atoms with Gasteiger partial charge in [0.2, 0.25) is 11.8 Å². The summed E-state index contributed by atoms with van der Waals surface area (Å²) in [7, 11) is 0. The molecular weight excluding hydrogens is 310 g/mol. The Balaban J connectivity index is 1.73. The van der Waals surface area contributed by atoms with Crippen molar-refractivity contribution in [2.24, 2.45) is 0 Å². The van der Waals surface area contributed by atoms with E-state index >= 15 is 0 Å². The van der Waals surface area contributed by atoms with E-state index in [1.807, 2.05) is 0 Å². The zero-order valence-electron chi connectivity index (χ0n) is 12.8. The van der Waals surface area contributed by atoms with E-state index < -0.39 is 5.97 Å². The molecule has 2 bridgehead atoms. The fourth-order valence-corrected chi connectivity index (χ4v) is 4.38. The number of hydrogen-bond donors (Lipinski definition) is 2. The third-order valence-corrected chi connectivity index (χ3v) is 5.52. The summed E-state index contributed by atoms with van der Waals surface area (Å²) in [5.74, 6) is -0.783. The van der Waals surface area contributed by atoms with Crippen molar-refractivity contribution in [2.45, 2.75) is 37.7 Å². The predicted octanol–water partition coefficient (Wildman–Crippen LogP) is 2.49. The second-order valence-corrected chi connectivity index (χ2v) is 6.72. The average molecular weight is 325 g/mol. The molecule has 0 unspecified atom stereocenters. The van der Waals surface area contributed by atoms with Gasteiger partial charge in [0.05, 0.1) is 11.3 Å². The molecule has 2 heterocycles. The number of hydrogen-bond acceptors (Lipinski definition) is 5. The topological polar surface area (TPSA) is 88.8 Å². The number of rotatable bonds is 1. The van der Waals surface area contributed by atoms with Crippen molar-refractivity contribution in [3.8, 4) is 17.4 Å². The van der Waals surface area contributed by atoms with Gasteiger partial charge in [-0.25, -0.2) is 4.79 Å². The molecule has 1 aromatic carbocycles. The van der Waals surface area contributed by atoms with Crippen LogP contribution in [0, 0.1) is 0 Å². The minimum Gasteiger partial charge on any atom is -0.494 e. The molecule has 2 aromatic rings. The summed E-state index contributed by atoms with van der Waals surface area (Å²) in [6.45, 7) is 0.243. The minimum atomic E-state index is -0.405. The maximum absolute atomic E-state index is 12.2. The number of aromatic hydroxyl groups is 2. The average Bonchev–Trinajstić information content (AvgIpc) is 3.07. The SMILES string of the molecule is O=C1OCc2ccc(-n3c(O)c4c(c3O)[C@@H]3CC[C@H]4CC3=O)cc21. The van der Waals surface area contributed by atoms with Crippen LogP contribution in [0.3, 0.4) is 0 Å². The molecule has 0 spiro atoms. The van der Waals surface area contributed by atoms with Crippen LogP contribution < -0.4 is 0 Å². The number of Topliss-reactive ketones (excluding diaryl/α,β-unsaturated/α-hetero) is 1. The second kappa shape index (κ2) is 4.41. The first-order valence-electron chi connectivity index (χ1n) is 8.05. The minimum absolute atomic E-state index is 0.0315. The summed E-state index contributed by atoms with van der Waals surface area (Å²) in [6, 6.07) is 5.10. The zero-order chi connectivity index (χ0) is 16.6. The highest BCUT2D eigenvalue weighted by Gasteiger charge is 2.45. The summed E-state index contributed by atoms with van der Waals surface area (Å²) in [5.41, 5.74) is 2.96. The lowest BCUT2D eigenvalue weighted by Gasteiger charge is -2.34. The van der Waals surface area contributed by atoms with Gasteiger partial charge in [-0.3, -0.25) is 9.36 Å². The molecule has 1 saturated carbocycles. The molecule has 2 N–H and O–H groups in total. The number of ketones is 1. The van der Waals surface area contributed by atoms with E-state index in [2.05, 4.69) is 0 Å². The first-order valence-corrected chi connectivity index (χ1v) is 8.05. The van der Waals surface area contributed by atoms with Gasteiger partial charge in [-0.2, -0.15) is 0 Å². The third-order valence-electron chi connectivity index (χ3n) is 5.52. The quantitative estimate of drug-likeness (QED) is 0.786. The standard InChI is InChI=1S/C18H15NO5/c20-13-5-8-2-4-11(13)15-14(8)16(21)19(17(15)22)10-3-1-9-7-24-18(23)12(9)6-10/h1,3,6,8,11,21-22H,2,4-5,7H2/t8-,11+/m0/s1. The highest BCUT2D eigenvalue weighted by atomic mass is 16.5. The van der Waals surface area contributed by atoms with Crippen LogP contribution in [0.2, 0.25) is 0 Å². The van der Waals surface area contributed by atoms with Crippen LogP contribution in [0.5, 0.6) is 11.8 Å². The molecule has 1 aromatic heterocycles. The smallest absolute Gasteiger partial charge is 0.338 e. The summed E-state index contributed by atoms with van der Waals surface area (Å²) < 4.78 is 6.33. The van der Waals surface area contributed by atoms with Crippen molar-refractivity contribution in [3.63, 3.8) is 0 Å². The van der Waals surface area contributed by atoms with Crippen LogP contribution in [0.15, 0.2) is 18.2 Å². The van der Waals surface area contributed by atoms with Crippen molar-refractivity contribution in [1.29, 1.82) is 0 Å². The molecule has 0 amide bonds. The monoisotopic (exact) mass is 325 g/mol. The van der Waals surface area contributed by atoms with Crippen LogP contribution in [-0.4, -0.2) is 26.5 Å².